The van der Waals surface area contributed by atoms with Gasteiger partial charge in [-0.15, -0.1) is 0 Å². The Morgan fingerprint density at radius 3 is 2.57 bits per heavy atom. The van der Waals surface area contributed by atoms with Crippen LogP contribution in [0.2, 0.25) is 0 Å². The lowest BCUT2D eigenvalue weighted by Gasteiger charge is -2.38. The Bertz CT molecular complexity index is 1100. The summed E-state index contributed by atoms with van der Waals surface area (Å²) < 4.78 is 5.31. The minimum absolute atomic E-state index is 0.0716. The van der Waals surface area contributed by atoms with E-state index in [1.165, 1.54) is 0 Å². The Kier molecular flexibility index (Phi) is 4.27. The van der Waals surface area contributed by atoms with Crippen molar-refractivity contribution in [2.75, 3.05) is 7.11 Å². The zero-order chi connectivity index (χ0) is 20.1. The van der Waals surface area contributed by atoms with Gasteiger partial charge >= 0.3 is 0 Å². The van der Waals surface area contributed by atoms with Gasteiger partial charge in [-0.3, -0.25) is 4.79 Å². The number of nitriles is 1. The van der Waals surface area contributed by atoms with Crippen LogP contribution in [-0.2, 0) is 4.79 Å². The first kappa shape index (κ1) is 18.3. The van der Waals surface area contributed by atoms with Gasteiger partial charge in [-0.05, 0) is 47.2 Å². The number of allylic oxidation sites excluding steroid dienone is 4. The van der Waals surface area contributed by atoms with E-state index < -0.39 is 0 Å². The molecule has 0 aromatic heterocycles. The van der Waals surface area contributed by atoms with Crippen molar-refractivity contribution in [2.24, 2.45) is 5.41 Å². The number of dihydropyridines is 1. The van der Waals surface area contributed by atoms with E-state index in [1.54, 1.807) is 7.11 Å². The van der Waals surface area contributed by atoms with Gasteiger partial charge in [0.05, 0.1) is 24.7 Å². The van der Waals surface area contributed by atoms with Crippen LogP contribution >= 0.6 is 0 Å². The van der Waals surface area contributed by atoms with Crippen molar-refractivity contribution in [3.63, 3.8) is 0 Å². The number of nitrogens with zero attached hydrogens (tertiary/aromatic N) is 1. The molecule has 4 rings (SSSR count). The van der Waals surface area contributed by atoms with E-state index in [2.05, 4.69) is 31.3 Å². The summed E-state index contributed by atoms with van der Waals surface area (Å²) in [5, 5.41) is 15.4. The molecule has 0 fully saturated rings. The number of fused-ring (bicyclic) bond motifs is 1. The zero-order valence-corrected chi connectivity index (χ0v) is 16.7. The van der Waals surface area contributed by atoms with Crippen molar-refractivity contribution >= 4 is 16.6 Å². The van der Waals surface area contributed by atoms with Gasteiger partial charge in [-0.1, -0.05) is 38.1 Å². The quantitative estimate of drug-likeness (QED) is 0.808. The Labute approximate surface area is 165 Å². The van der Waals surface area contributed by atoms with Crippen LogP contribution in [0.25, 0.3) is 10.8 Å². The first-order valence-corrected chi connectivity index (χ1v) is 9.55. The van der Waals surface area contributed by atoms with Crippen LogP contribution in [0.4, 0.5) is 0 Å². The Balaban J connectivity index is 1.88. The maximum Gasteiger partial charge on any atom is 0.162 e. The van der Waals surface area contributed by atoms with Crippen LogP contribution < -0.4 is 10.1 Å². The average Bonchev–Trinajstić information content (AvgIpc) is 2.65. The van der Waals surface area contributed by atoms with E-state index in [9.17, 15) is 10.1 Å². The molecule has 0 saturated carbocycles. The molecule has 0 saturated heterocycles. The van der Waals surface area contributed by atoms with Crippen molar-refractivity contribution in [1.29, 1.82) is 5.26 Å². The van der Waals surface area contributed by atoms with E-state index in [-0.39, 0.29) is 17.1 Å². The van der Waals surface area contributed by atoms with Gasteiger partial charge in [0.15, 0.2) is 5.78 Å². The molecule has 4 heteroatoms. The molecule has 0 bridgehead atoms. The van der Waals surface area contributed by atoms with E-state index in [1.807, 2.05) is 37.3 Å². The highest BCUT2D eigenvalue weighted by Gasteiger charge is 2.41. The Morgan fingerprint density at radius 1 is 1.14 bits per heavy atom. The summed E-state index contributed by atoms with van der Waals surface area (Å²) in [6.45, 7) is 6.16. The van der Waals surface area contributed by atoms with Gasteiger partial charge in [-0.2, -0.15) is 5.26 Å². The van der Waals surface area contributed by atoms with Crippen molar-refractivity contribution in [2.45, 2.75) is 39.5 Å². The number of methoxy groups -OCH3 is 1. The van der Waals surface area contributed by atoms with Crippen molar-refractivity contribution < 1.29 is 9.53 Å². The summed E-state index contributed by atoms with van der Waals surface area (Å²) in [6.07, 6.45) is 1.32. The summed E-state index contributed by atoms with van der Waals surface area (Å²) in [5.74, 6) is 0.639. The van der Waals surface area contributed by atoms with Gasteiger partial charge in [0, 0.05) is 23.4 Å². The molecule has 28 heavy (non-hydrogen) atoms. The normalized spacial score (nSPS) is 21.2. The van der Waals surface area contributed by atoms with Crippen molar-refractivity contribution in [3.8, 4) is 11.8 Å². The number of ether oxygens (including phenoxy) is 1. The highest BCUT2D eigenvalue weighted by Crippen LogP contribution is 2.46. The molecule has 1 N–H and O–H groups in total. The van der Waals surface area contributed by atoms with E-state index in [0.29, 0.717) is 12.0 Å². The molecule has 1 aliphatic carbocycles. The second kappa shape index (κ2) is 6.53. The third kappa shape index (κ3) is 2.97. The maximum atomic E-state index is 13.1. The standard InChI is InChI=1S/C24H24N2O2/c1-14-19(13-25)22(23-20(26-14)11-24(2,3)12-21(23)27)17-6-5-16-10-18(28-4)8-7-15(16)9-17/h5-10,22,26H,11-12H2,1-4H3. The smallest absolute Gasteiger partial charge is 0.162 e. The lowest BCUT2D eigenvalue weighted by Crippen LogP contribution is -2.36. The first-order chi connectivity index (χ1) is 13.3. The number of ketones is 1. The van der Waals surface area contributed by atoms with Crippen molar-refractivity contribution in [1.82, 2.24) is 5.32 Å². The number of Topliss-reactive ketones (excluding diaryl/α,β-unsaturated/α-hetero) is 1. The molecule has 1 unspecified atom stereocenters. The number of carbonyl (C=O) groups excluding carboxylic acids is 1. The van der Waals surface area contributed by atoms with Gasteiger partial charge in [0.25, 0.3) is 0 Å². The number of rotatable bonds is 2. The van der Waals surface area contributed by atoms with Crippen LogP contribution in [0, 0.1) is 16.7 Å². The molecule has 1 atom stereocenters. The Hall–Kier alpha value is -3.06. The lowest BCUT2D eigenvalue weighted by atomic mass is 9.69. The zero-order valence-electron chi connectivity index (χ0n) is 16.7. The first-order valence-electron chi connectivity index (χ1n) is 9.55. The monoisotopic (exact) mass is 372 g/mol. The van der Waals surface area contributed by atoms with Gasteiger partial charge in [0.1, 0.15) is 5.75 Å². The fraction of sp³-hybridized carbons (Fsp3) is 0.333. The van der Waals surface area contributed by atoms with Crippen LogP contribution in [0.15, 0.2) is 58.9 Å². The van der Waals surface area contributed by atoms with Crippen LogP contribution in [-0.4, -0.2) is 12.9 Å². The minimum Gasteiger partial charge on any atom is -0.497 e. The van der Waals surface area contributed by atoms with E-state index in [0.717, 1.165) is 45.5 Å². The minimum atomic E-state index is -0.309. The summed E-state index contributed by atoms with van der Waals surface area (Å²) >= 11 is 0. The molecule has 2 aromatic carbocycles. The SMILES string of the molecule is COc1ccc2cc(C3C(C#N)=C(C)NC4=C3C(=O)CC(C)(C)C4)ccc2c1. The second-order valence-corrected chi connectivity index (χ2v) is 8.51. The summed E-state index contributed by atoms with van der Waals surface area (Å²) in [7, 11) is 1.65. The molecular weight excluding hydrogens is 348 g/mol. The highest BCUT2D eigenvalue weighted by atomic mass is 16.5. The number of nitrogens with one attached hydrogen (secondary N) is 1. The molecule has 0 spiro atoms. The molecule has 142 valence electrons. The number of hydrogen-bond acceptors (Lipinski definition) is 4. The topological polar surface area (TPSA) is 62.1 Å². The molecule has 2 aromatic rings. The summed E-state index contributed by atoms with van der Waals surface area (Å²) in [4.78, 5) is 13.1. The number of carbonyl (C=O) groups is 1. The second-order valence-electron chi connectivity index (χ2n) is 8.51. The molecule has 4 nitrogen and oxygen atoms in total. The van der Waals surface area contributed by atoms with Crippen LogP contribution in [0.1, 0.15) is 45.1 Å². The average molecular weight is 372 g/mol. The van der Waals surface area contributed by atoms with E-state index in [4.69, 9.17) is 4.74 Å². The van der Waals surface area contributed by atoms with E-state index >= 15 is 0 Å². The fourth-order valence-electron chi connectivity index (χ4n) is 4.47. The van der Waals surface area contributed by atoms with Gasteiger partial charge < -0.3 is 10.1 Å². The van der Waals surface area contributed by atoms with Crippen LogP contribution in [0.3, 0.4) is 0 Å². The molecule has 1 aliphatic heterocycles. The molecular formula is C24H24N2O2. The molecule has 0 amide bonds. The molecule has 2 aliphatic rings. The predicted molar refractivity (Wildman–Crippen MR) is 110 cm³/mol. The van der Waals surface area contributed by atoms with Crippen molar-refractivity contribution in [3.05, 3.63) is 64.5 Å². The number of benzene rings is 2. The third-order valence-corrected chi connectivity index (χ3v) is 5.76. The largest absolute Gasteiger partial charge is 0.497 e. The molecule has 1 heterocycles. The summed E-state index contributed by atoms with van der Waals surface area (Å²) in [6, 6.07) is 14.5. The predicted octanol–water partition coefficient (Wildman–Crippen LogP) is 4.98. The number of hydrogen-bond donors (Lipinski definition) is 1. The molecule has 0 radical (unpaired) electrons. The maximum absolute atomic E-state index is 13.1. The van der Waals surface area contributed by atoms with Crippen LogP contribution in [0.5, 0.6) is 5.75 Å². The highest BCUT2D eigenvalue weighted by molar-refractivity contribution is 6.00. The van der Waals surface area contributed by atoms with Gasteiger partial charge in [0.2, 0.25) is 0 Å². The summed E-state index contributed by atoms with van der Waals surface area (Å²) in [5.41, 5.74) is 4.10. The third-order valence-electron chi connectivity index (χ3n) is 5.76. The fourth-order valence-corrected chi connectivity index (χ4v) is 4.47. The lowest BCUT2D eigenvalue weighted by molar-refractivity contribution is -0.118. The van der Waals surface area contributed by atoms with Gasteiger partial charge in [-0.25, -0.2) is 0 Å². The Morgan fingerprint density at radius 2 is 1.86 bits per heavy atom.